The topological polar surface area (TPSA) is 37.3 Å². The summed E-state index contributed by atoms with van der Waals surface area (Å²) in [7, 11) is 0. The van der Waals surface area contributed by atoms with E-state index in [9.17, 15) is 4.79 Å². The van der Waals surface area contributed by atoms with Gasteiger partial charge in [0.15, 0.2) is 5.78 Å². The largest absolute Gasteiger partial charge is 0.516 e. The molecular formula is C8H8ClIO2. The first kappa shape index (κ1) is 11.7. The van der Waals surface area contributed by atoms with Crippen LogP contribution in [0.3, 0.4) is 0 Å². The summed E-state index contributed by atoms with van der Waals surface area (Å²) in [4.78, 5) is 11.1. The Labute approximate surface area is 89.7 Å². The maximum atomic E-state index is 11.1. The molecule has 0 aromatic rings. The Balaban J connectivity index is 4.40. The maximum Gasteiger partial charge on any atom is 0.193 e. The molecule has 1 N–H and O–H groups in total. The summed E-state index contributed by atoms with van der Waals surface area (Å²) in [6.45, 7) is 1.63. The standard InChI is InChI=1S/C8H8ClIO2/c1-6(9)5-8(12)7(10)3-2-4-11/h2-5,11H,1H3/b4-2?,6-5+,7-3?. The Bertz CT molecular complexity index is 250. The molecule has 0 aliphatic rings. The summed E-state index contributed by atoms with van der Waals surface area (Å²) in [5.74, 6) is -0.166. The van der Waals surface area contributed by atoms with Crippen LogP contribution in [0.5, 0.6) is 0 Å². The van der Waals surface area contributed by atoms with Crippen LogP contribution < -0.4 is 0 Å². The third-order valence-electron chi connectivity index (χ3n) is 0.894. The third-order valence-corrected chi connectivity index (χ3v) is 1.89. The predicted molar refractivity (Wildman–Crippen MR) is 58.5 cm³/mol. The monoisotopic (exact) mass is 298 g/mol. The van der Waals surface area contributed by atoms with E-state index in [1.165, 1.54) is 18.2 Å². The normalized spacial score (nSPS) is 13.9. The summed E-state index contributed by atoms with van der Waals surface area (Å²) in [6, 6.07) is 0. The zero-order valence-electron chi connectivity index (χ0n) is 6.42. The van der Waals surface area contributed by atoms with Crippen LogP contribution in [0.15, 0.2) is 33.1 Å². The van der Waals surface area contributed by atoms with Gasteiger partial charge >= 0.3 is 0 Å². The number of hydrogen-bond donors (Lipinski definition) is 1. The van der Waals surface area contributed by atoms with Crippen molar-refractivity contribution in [3.63, 3.8) is 0 Å². The first-order valence-corrected chi connectivity index (χ1v) is 4.58. The average Bonchev–Trinajstić information content (AvgIpc) is 1.98. The van der Waals surface area contributed by atoms with Crippen molar-refractivity contribution in [3.8, 4) is 0 Å². The fourth-order valence-electron chi connectivity index (χ4n) is 0.459. The van der Waals surface area contributed by atoms with Crippen molar-refractivity contribution in [3.05, 3.63) is 33.1 Å². The highest BCUT2D eigenvalue weighted by Gasteiger charge is 2.00. The molecule has 0 aromatic heterocycles. The molecule has 0 spiro atoms. The summed E-state index contributed by atoms with van der Waals surface area (Å²) < 4.78 is 0.498. The summed E-state index contributed by atoms with van der Waals surface area (Å²) in [5, 5.41) is 8.74. The number of allylic oxidation sites excluding steroid dienone is 5. The predicted octanol–water partition coefficient (Wildman–Crippen LogP) is 3.09. The number of halogens is 2. The van der Waals surface area contributed by atoms with Crippen LogP contribution in [0, 0.1) is 0 Å². The lowest BCUT2D eigenvalue weighted by Crippen LogP contribution is -1.90. The molecule has 0 heterocycles. The zero-order chi connectivity index (χ0) is 9.56. The van der Waals surface area contributed by atoms with Crippen molar-refractivity contribution < 1.29 is 9.90 Å². The first-order chi connectivity index (χ1) is 5.57. The van der Waals surface area contributed by atoms with E-state index in [0.717, 1.165) is 6.26 Å². The van der Waals surface area contributed by atoms with Crippen molar-refractivity contribution in [2.75, 3.05) is 0 Å². The Hall–Kier alpha value is -0.290. The molecule has 0 amide bonds. The van der Waals surface area contributed by atoms with E-state index in [2.05, 4.69) is 0 Å². The van der Waals surface area contributed by atoms with E-state index in [4.69, 9.17) is 16.7 Å². The van der Waals surface area contributed by atoms with Crippen LogP contribution in [0.1, 0.15) is 6.92 Å². The van der Waals surface area contributed by atoms with Gasteiger partial charge in [-0.25, -0.2) is 0 Å². The van der Waals surface area contributed by atoms with Gasteiger partial charge in [0.05, 0.1) is 9.84 Å². The second kappa shape index (κ2) is 6.25. The van der Waals surface area contributed by atoms with E-state index in [-0.39, 0.29) is 5.78 Å². The number of aliphatic hydroxyl groups excluding tert-OH is 1. The lowest BCUT2D eigenvalue weighted by atomic mass is 10.3. The molecule has 4 heteroatoms. The average molecular weight is 299 g/mol. The molecule has 0 bridgehead atoms. The lowest BCUT2D eigenvalue weighted by molar-refractivity contribution is -0.110. The second-order valence-electron chi connectivity index (χ2n) is 1.95. The fourth-order valence-corrected chi connectivity index (χ4v) is 0.922. The van der Waals surface area contributed by atoms with Crippen molar-refractivity contribution in [2.24, 2.45) is 0 Å². The van der Waals surface area contributed by atoms with Gasteiger partial charge in [0, 0.05) is 11.1 Å². The minimum Gasteiger partial charge on any atom is -0.516 e. The van der Waals surface area contributed by atoms with Crippen LogP contribution in [0.2, 0.25) is 0 Å². The van der Waals surface area contributed by atoms with E-state index >= 15 is 0 Å². The molecule has 0 unspecified atom stereocenters. The molecule has 12 heavy (non-hydrogen) atoms. The number of ketones is 1. The van der Waals surface area contributed by atoms with Crippen molar-refractivity contribution in [2.45, 2.75) is 6.92 Å². The van der Waals surface area contributed by atoms with Crippen LogP contribution in [-0.2, 0) is 4.79 Å². The van der Waals surface area contributed by atoms with Crippen molar-refractivity contribution >= 4 is 40.0 Å². The van der Waals surface area contributed by atoms with Gasteiger partial charge in [-0.3, -0.25) is 4.79 Å². The molecule has 0 atom stereocenters. The van der Waals surface area contributed by atoms with E-state index in [1.54, 1.807) is 6.92 Å². The van der Waals surface area contributed by atoms with Gasteiger partial charge in [0.25, 0.3) is 0 Å². The number of carbonyl (C=O) groups excluding carboxylic acids is 1. The second-order valence-corrected chi connectivity index (χ2v) is 3.71. The summed E-state index contributed by atoms with van der Waals surface area (Å²) >= 11 is 7.36. The fraction of sp³-hybridized carbons (Fsp3) is 0.125. The number of rotatable bonds is 3. The van der Waals surface area contributed by atoms with Gasteiger partial charge in [-0.1, -0.05) is 11.6 Å². The molecule has 0 radical (unpaired) electrons. The number of aliphatic hydroxyl groups is 1. The van der Waals surface area contributed by atoms with Gasteiger partial charge in [-0.05, 0) is 41.7 Å². The minimum atomic E-state index is -0.166. The Morgan fingerprint density at radius 3 is 2.58 bits per heavy atom. The van der Waals surface area contributed by atoms with Crippen LogP contribution in [-0.4, -0.2) is 10.9 Å². The lowest BCUT2D eigenvalue weighted by Gasteiger charge is -1.90. The van der Waals surface area contributed by atoms with Crippen LogP contribution >= 0.6 is 34.2 Å². The molecule has 0 fully saturated rings. The molecule has 0 aliphatic heterocycles. The molecule has 0 aromatic carbocycles. The molecule has 2 nitrogen and oxygen atoms in total. The van der Waals surface area contributed by atoms with Gasteiger partial charge in [-0.15, -0.1) is 0 Å². The maximum absolute atomic E-state index is 11.1. The first-order valence-electron chi connectivity index (χ1n) is 3.12. The Kier molecular flexibility index (Phi) is 6.10. The van der Waals surface area contributed by atoms with Crippen LogP contribution in [0.25, 0.3) is 0 Å². The van der Waals surface area contributed by atoms with Crippen LogP contribution in [0.4, 0.5) is 0 Å². The third kappa shape index (κ3) is 5.37. The molecule has 0 saturated carbocycles. The summed E-state index contributed by atoms with van der Waals surface area (Å²) in [6.07, 6.45) is 5.06. The van der Waals surface area contributed by atoms with Gasteiger partial charge < -0.3 is 5.11 Å². The van der Waals surface area contributed by atoms with Crippen molar-refractivity contribution in [1.82, 2.24) is 0 Å². The van der Waals surface area contributed by atoms with Gasteiger partial charge in [0.2, 0.25) is 0 Å². The Morgan fingerprint density at radius 2 is 2.17 bits per heavy atom. The summed E-state index contributed by atoms with van der Waals surface area (Å²) in [5.41, 5.74) is 0. The van der Waals surface area contributed by atoms with Gasteiger partial charge in [-0.2, -0.15) is 0 Å². The minimum absolute atomic E-state index is 0.166. The SMILES string of the molecule is C/C(Cl)=C\C(=O)C(I)=CC=CO. The molecular weight excluding hydrogens is 290 g/mol. The quantitative estimate of drug-likeness (QED) is 0.376. The highest BCUT2D eigenvalue weighted by molar-refractivity contribution is 14.1. The molecule has 0 rings (SSSR count). The molecule has 66 valence electrons. The highest BCUT2D eigenvalue weighted by atomic mass is 127. The van der Waals surface area contributed by atoms with Gasteiger partial charge in [0.1, 0.15) is 0 Å². The van der Waals surface area contributed by atoms with E-state index in [0.29, 0.717) is 8.61 Å². The number of carbonyl (C=O) groups is 1. The van der Waals surface area contributed by atoms with Crippen molar-refractivity contribution in [1.29, 1.82) is 0 Å². The number of hydrogen-bond acceptors (Lipinski definition) is 2. The van der Waals surface area contributed by atoms with E-state index < -0.39 is 0 Å². The Morgan fingerprint density at radius 1 is 1.58 bits per heavy atom. The zero-order valence-corrected chi connectivity index (χ0v) is 9.33. The molecule has 0 aliphatic carbocycles. The van der Waals surface area contributed by atoms with E-state index in [1.807, 2.05) is 22.6 Å². The molecule has 0 saturated heterocycles. The smallest absolute Gasteiger partial charge is 0.193 e. The highest BCUT2D eigenvalue weighted by Crippen LogP contribution is 2.10.